The molecule has 1 atom stereocenters. The molecule has 4 heteroatoms. The first kappa shape index (κ1) is 11.4. The molecule has 0 aliphatic carbocycles. The van der Waals surface area contributed by atoms with Gasteiger partial charge in [0.2, 0.25) is 0 Å². The average Bonchev–Trinajstić information content (AvgIpc) is 2.34. The molecule has 0 bridgehead atoms. The maximum Gasteiger partial charge on any atom is 0.0387 e. The summed E-state index contributed by atoms with van der Waals surface area (Å²) in [6.45, 7) is 2.10. The highest BCUT2D eigenvalue weighted by molar-refractivity contribution is 9.10. The monoisotopic (exact) mass is 255 g/mol. The van der Waals surface area contributed by atoms with Crippen LogP contribution >= 0.6 is 39.7 Å². The van der Waals surface area contributed by atoms with Gasteiger partial charge in [0.15, 0.2) is 0 Å². The lowest BCUT2D eigenvalue weighted by atomic mass is 10.2. The first-order valence-electron chi connectivity index (χ1n) is 3.23. The highest BCUT2D eigenvalue weighted by Gasteiger charge is 2.04. The Balaban J connectivity index is 0.000001000. The molecule has 2 N–H and O–H groups in total. The summed E-state index contributed by atoms with van der Waals surface area (Å²) in [6, 6.07) is 2.30. The van der Waals surface area contributed by atoms with Gasteiger partial charge in [-0.3, -0.25) is 0 Å². The molecule has 1 nitrogen and oxygen atoms in total. The molecule has 11 heavy (non-hydrogen) atoms. The summed E-state index contributed by atoms with van der Waals surface area (Å²) < 4.78 is 1.14. The molecule has 0 fully saturated rings. The van der Waals surface area contributed by atoms with Gasteiger partial charge in [0.05, 0.1) is 0 Å². The fraction of sp³-hybridized carbons (Fsp3) is 0.429. The highest BCUT2D eigenvalue weighted by Crippen LogP contribution is 2.25. The summed E-state index contributed by atoms with van der Waals surface area (Å²) in [5.74, 6) is 0. The maximum absolute atomic E-state index is 5.80. The van der Waals surface area contributed by atoms with Gasteiger partial charge < -0.3 is 5.73 Å². The summed E-state index contributed by atoms with van der Waals surface area (Å²) in [5.41, 5.74) is 5.80. The first-order valence-corrected chi connectivity index (χ1v) is 4.90. The van der Waals surface area contributed by atoms with Crippen molar-refractivity contribution in [3.8, 4) is 0 Å². The van der Waals surface area contributed by atoms with Crippen LogP contribution in [0.3, 0.4) is 0 Å². The van der Waals surface area contributed by atoms with E-state index in [0.717, 1.165) is 10.9 Å². The zero-order valence-electron chi connectivity index (χ0n) is 6.21. The Morgan fingerprint density at radius 2 is 2.36 bits per heavy atom. The average molecular weight is 257 g/mol. The minimum absolute atomic E-state index is 0. The normalized spacial score (nSPS) is 12.3. The molecule has 1 heterocycles. The molecular weight excluding hydrogens is 246 g/mol. The van der Waals surface area contributed by atoms with E-state index in [1.807, 2.05) is 0 Å². The summed E-state index contributed by atoms with van der Waals surface area (Å²) in [4.78, 5) is 1.26. The second kappa shape index (κ2) is 5.14. The zero-order valence-corrected chi connectivity index (χ0v) is 9.43. The Bertz CT molecular complexity index is 214. The molecule has 0 amide bonds. The van der Waals surface area contributed by atoms with Crippen LogP contribution in [0.25, 0.3) is 0 Å². The van der Waals surface area contributed by atoms with Crippen LogP contribution in [0.4, 0.5) is 0 Å². The van der Waals surface area contributed by atoms with Crippen molar-refractivity contribution in [2.45, 2.75) is 19.4 Å². The molecule has 1 aromatic rings. The fourth-order valence-electron chi connectivity index (χ4n) is 0.724. The van der Waals surface area contributed by atoms with Crippen LogP contribution in [0, 0.1) is 0 Å². The molecule has 0 saturated heterocycles. The van der Waals surface area contributed by atoms with Crippen molar-refractivity contribution in [1.82, 2.24) is 0 Å². The van der Waals surface area contributed by atoms with Gasteiger partial charge in [-0.1, -0.05) is 6.92 Å². The van der Waals surface area contributed by atoms with E-state index in [4.69, 9.17) is 5.73 Å². The Morgan fingerprint density at radius 3 is 2.73 bits per heavy atom. The van der Waals surface area contributed by atoms with E-state index in [1.165, 1.54) is 4.88 Å². The summed E-state index contributed by atoms with van der Waals surface area (Å²) in [7, 11) is 0. The second-order valence-corrected chi connectivity index (χ2v) is 4.04. The van der Waals surface area contributed by atoms with Gasteiger partial charge in [0, 0.05) is 20.8 Å². The van der Waals surface area contributed by atoms with Crippen molar-refractivity contribution < 1.29 is 0 Å². The third kappa shape index (κ3) is 3.11. The van der Waals surface area contributed by atoms with Gasteiger partial charge in [-0.15, -0.1) is 23.7 Å². The summed E-state index contributed by atoms with van der Waals surface area (Å²) in [5, 5.41) is 2.06. The van der Waals surface area contributed by atoms with E-state index in [-0.39, 0.29) is 18.4 Å². The van der Waals surface area contributed by atoms with Crippen LogP contribution in [-0.4, -0.2) is 0 Å². The van der Waals surface area contributed by atoms with Gasteiger partial charge in [-0.2, -0.15) is 0 Å². The van der Waals surface area contributed by atoms with Crippen molar-refractivity contribution >= 4 is 39.7 Å². The molecule has 0 unspecified atom stereocenters. The minimum Gasteiger partial charge on any atom is -0.323 e. The number of halogens is 2. The molecule has 0 spiro atoms. The Morgan fingerprint density at radius 1 is 1.73 bits per heavy atom. The molecule has 0 radical (unpaired) electrons. The van der Waals surface area contributed by atoms with E-state index in [1.54, 1.807) is 11.3 Å². The molecule has 1 aromatic heterocycles. The molecule has 0 aliphatic heterocycles. The molecule has 1 rings (SSSR count). The topological polar surface area (TPSA) is 26.0 Å². The predicted molar refractivity (Wildman–Crippen MR) is 56.5 cm³/mol. The summed E-state index contributed by atoms with van der Waals surface area (Å²) in [6.07, 6.45) is 1.01. The fourth-order valence-corrected chi connectivity index (χ4v) is 2.26. The van der Waals surface area contributed by atoms with Crippen molar-refractivity contribution in [3.63, 3.8) is 0 Å². The number of hydrogen-bond acceptors (Lipinski definition) is 2. The smallest absolute Gasteiger partial charge is 0.0387 e. The van der Waals surface area contributed by atoms with E-state index >= 15 is 0 Å². The largest absolute Gasteiger partial charge is 0.323 e. The van der Waals surface area contributed by atoms with Crippen molar-refractivity contribution in [2.24, 2.45) is 5.73 Å². The molecule has 0 aromatic carbocycles. The third-order valence-corrected chi connectivity index (χ3v) is 3.22. The Hall–Kier alpha value is 0.430. The van der Waals surface area contributed by atoms with Crippen LogP contribution in [0.1, 0.15) is 24.3 Å². The SMILES string of the molecule is CC[C@H](N)c1cc(Br)cs1.Cl. The van der Waals surface area contributed by atoms with Gasteiger partial charge in [0.25, 0.3) is 0 Å². The quantitative estimate of drug-likeness (QED) is 0.863. The van der Waals surface area contributed by atoms with E-state index in [2.05, 4.69) is 34.3 Å². The lowest BCUT2D eigenvalue weighted by Crippen LogP contribution is -2.05. The lowest BCUT2D eigenvalue weighted by molar-refractivity contribution is 0.712. The van der Waals surface area contributed by atoms with Gasteiger partial charge >= 0.3 is 0 Å². The zero-order chi connectivity index (χ0) is 7.56. The lowest BCUT2D eigenvalue weighted by Gasteiger charge is -2.02. The number of nitrogens with two attached hydrogens (primary N) is 1. The number of rotatable bonds is 2. The minimum atomic E-state index is 0. The van der Waals surface area contributed by atoms with Crippen LogP contribution < -0.4 is 5.73 Å². The van der Waals surface area contributed by atoms with E-state index < -0.39 is 0 Å². The van der Waals surface area contributed by atoms with E-state index in [9.17, 15) is 0 Å². The number of thiophene rings is 1. The van der Waals surface area contributed by atoms with Gasteiger partial charge in [-0.25, -0.2) is 0 Å². The second-order valence-electron chi connectivity index (χ2n) is 2.18. The van der Waals surface area contributed by atoms with Crippen LogP contribution in [0.5, 0.6) is 0 Å². The van der Waals surface area contributed by atoms with Crippen LogP contribution in [0.2, 0.25) is 0 Å². The Kier molecular flexibility index (Phi) is 5.34. The third-order valence-electron chi connectivity index (χ3n) is 1.39. The highest BCUT2D eigenvalue weighted by atomic mass is 79.9. The predicted octanol–water partition coefficient (Wildman–Crippen LogP) is 3.34. The van der Waals surface area contributed by atoms with Crippen LogP contribution in [0.15, 0.2) is 15.9 Å². The molecule has 0 aliphatic rings. The van der Waals surface area contributed by atoms with Gasteiger partial charge in [0.1, 0.15) is 0 Å². The van der Waals surface area contributed by atoms with Crippen LogP contribution in [-0.2, 0) is 0 Å². The first-order chi connectivity index (χ1) is 4.74. The van der Waals surface area contributed by atoms with E-state index in [0.29, 0.717) is 0 Å². The van der Waals surface area contributed by atoms with Crippen molar-refractivity contribution in [3.05, 3.63) is 20.8 Å². The standard InChI is InChI=1S/C7H10BrNS.ClH/c1-2-6(9)7-3-5(8)4-10-7;/h3-4,6H,2,9H2,1H3;1H/t6-;/m0./s1. The van der Waals surface area contributed by atoms with Crippen molar-refractivity contribution in [1.29, 1.82) is 0 Å². The Labute approximate surface area is 85.5 Å². The maximum atomic E-state index is 5.80. The molecular formula is C7H11BrClNS. The van der Waals surface area contributed by atoms with Crippen molar-refractivity contribution in [2.75, 3.05) is 0 Å². The van der Waals surface area contributed by atoms with Gasteiger partial charge in [-0.05, 0) is 28.4 Å². The molecule has 0 saturated carbocycles. The number of hydrogen-bond donors (Lipinski definition) is 1. The molecule has 64 valence electrons. The summed E-state index contributed by atoms with van der Waals surface area (Å²) >= 11 is 5.09.